The predicted molar refractivity (Wildman–Crippen MR) is 113 cm³/mol. The number of imidazole rings is 1. The van der Waals surface area contributed by atoms with Gasteiger partial charge < -0.3 is 18.9 Å². The molecule has 7 heteroatoms. The summed E-state index contributed by atoms with van der Waals surface area (Å²) in [6.07, 6.45) is 1.97. The van der Waals surface area contributed by atoms with E-state index in [1.807, 2.05) is 36.4 Å². The van der Waals surface area contributed by atoms with Gasteiger partial charge in [0.2, 0.25) is 0 Å². The van der Waals surface area contributed by atoms with Crippen molar-refractivity contribution in [1.82, 2.24) is 9.55 Å². The fraction of sp³-hybridized carbons (Fsp3) is 0.217. The molecule has 0 aliphatic rings. The molecule has 0 bridgehead atoms. The summed E-state index contributed by atoms with van der Waals surface area (Å²) in [5.74, 6) is 1.67. The van der Waals surface area contributed by atoms with Crippen LogP contribution in [0.25, 0.3) is 22.4 Å². The number of hydrogen-bond acceptors (Lipinski definition) is 5. The molecule has 4 rings (SSSR count). The summed E-state index contributed by atoms with van der Waals surface area (Å²) >= 11 is 0. The van der Waals surface area contributed by atoms with Gasteiger partial charge in [0.05, 0.1) is 19.0 Å². The number of nitrogens with one attached hydrogen (secondary N) is 1. The van der Waals surface area contributed by atoms with E-state index in [0.29, 0.717) is 41.6 Å². The second-order valence-electron chi connectivity index (χ2n) is 6.92. The Morgan fingerprint density at radius 1 is 1.17 bits per heavy atom. The van der Waals surface area contributed by atoms with Crippen molar-refractivity contribution in [1.29, 1.82) is 0 Å². The molecular weight excluding hydrogens is 384 g/mol. The van der Waals surface area contributed by atoms with Crippen LogP contribution in [0, 0.1) is 0 Å². The molecule has 0 radical (unpaired) electrons. The average molecular weight is 406 g/mol. The fourth-order valence-corrected chi connectivity index (χ4v) is 3.17. The van der Waals surface area contributed by atoms with E-state index in [-0.39, 0.29) is 18.0 Å². The molecule has 0 amide bonds. The molecule has 4 aromatic rings. The number of methoxy groups -OCH3 is 1. The van der Waals surface area contributed by atoms with Crippen LogP contribution in [0.5, 0.6) is 11.5 Å². The number of rotatable bonds is 8. The van der Waals surface area contributed by atoms with E-state index in [0.717, 1.165) is 10.9 Å². The molecule has 7 nitrogen and oxygen atoms in total. The number of ether oxygens (including phenoxy) is 2. The standard InChI is InChI=1S/C23H22N2O5/c1-3-16(26)12-25-13-19(24-23(25)27)22-11-18-20(9-17(28-2)10-21(18)30-22)29-14-15-7-5-4-6-8-15/h4-11,13H,3,12,14H2,1-2H3,(H,24,27). The molecule has 2 aromatic heterocycles. The zero-order valence-corrected chi connectivity index (χ0v) is 16.8. The minimum absolute atomic E-state index is 0.0198. The van der Waals surface area contributed by atoms with Crippen molar-refractivity contribution in [2.75, 3.05) is 7.11 Å². The lowest BCUT2D eigenvalue weighted by molar-refractivity contribution is -0.119. The van der Waals surface area contributed by atoms with Crippen LogP contribution in [0.1, 0.15) is 18.9 Å². The van der Waals surface area contributed by atoms with Gasteiger partial charge in [-0.2, -0.15) is 0 Å². The monoisotopic (exact) mass is 406 g/mol. The van der Waals surface area contributed by atoms with Crippen molar-refractivity contribution in [3.8, 4) is 23.0 Å². The Bertz CT molecular complexity index is 1230. The van der Waals surface area contributed by atoms with E-state index in [2.05, 4.69) is 4.98 Å². The van der Waals surface area contributed by atoms with E-state index < -0.39 is 0 Å². The third-order valence-corrected chi connectivity index (χ3v) is 4.84. The third kappa shape index (κ3) is 4.00. The predicted octanol–water partition coefficient (Wildman–Crippen LogP) is 4.16. The zero-order chi connectivity index (χ0) is 21.1. The number of nitrogens with zero attached hydrogens (tertiary/aromatic N) is 1. The van der Waals surface area contributed by atoms with Gasteiger partial charge in [0.1, 0.15) is 29.4 Å². The highest BCUT2D eigenvalue weighted by Crippen LogP contribution is 2.36. The Labute approximate surface area is 172 Å². The number of ketones is 1. The van der Waals surface area contributed by atoms with Crippen LogP contribution in [0.4, 0.5) is 0 Å². The van der Waals surface area contributed by atoms with Gasteiger partial charge in [-0.25, -0.2) is 4.79 Å². The van der Waals surface area contributed by atoms with Gasteiger partial charge in [-0.1, -0.05) is 37.3 Å². The molecule has 0 saturated carbocycles. The van der Waals surface area contributed by atoms with Crippen LogP contribution in [0.2, 0.25) is 0 Å². The lowest BCUT2D eigenvalue weighted by atomic mass is 10.2. The number of carbonyl (C=O) groups excluding carboxylic acids is 1. The number of aromatic amines is 1. The molecule has 0 unspecified atom stereocenters. The van der Waals surface area contributed by atoms with E-state index in [1.165, 1.54) is 4.57 Å². The van der Waals surface area contributed by atoms with Gasteiger partial charge in [0, 0.05) is 24.8 Å². The summed E-state index contributed by atoms with van der Waals surface area (Å²) in [4.78, 5) is 26.6. The second kappa shape index (κ2) is 8.32. The van der Waals surface area contributed by atoms with Crippen LogP contribution in [0.15, 0.2) is 63.9 Å². The topological polar surface area (TPSA) is 86.5 Å². The Hall–Kier alpha value is -3.74. The number of furan rings is 1. The minimum Gasteiger partial charge on any atom is -0.496 e. The number of carbonyl (C=O) groups is 1. The number of H-pyrrole nitrogens is 1. The SMILES string of the molecule is CCC(=O)Cn1cc(-c2cc3c(OCc4ccccc4)cc(OC)cc3o2)[nH]c1=O. The molecule has 2 aromatic carbocycles. The van der Waals surface area contributed by atoms with Crippen LogP contribution in [0.3, 0.4) is 0 Å². The van der Waals surface area contributed by atoms with E-state index in [1.54, 1.807) is 32.4 Å². The maximum atomic E-state index is 12.2. The van der Waals surface area contributed by atoms with Crippen molar-refractivity contribution < 1.29 is 18.7 Å². The summed E-state index contributed by atoms with van der Waals surface area (Å²) in [6.45, 7) is 2.20. The van der Waals surface area contributed by atoms with Crippen LogP contribution < -0.4 is 15.2 Å². The highest BCUT2D eigenvalue weighted by atomic mass is 16.5. The number of aromatic nitrogens is 2. The lowest BCUT2D eigenvalue weighted by Gasteiger charge is -2.09. The number of fused-ring (bicyclic) bond motifs is 1. The molecular formula is C23H22N2O5. The van der Waals surface area contributed by atoms with Gasteiger partial charge in [-0.3, -0.25) is 9.36 Å². The van der Waals surface area contributed by atoms with E-state index in [9.17, 15) is 9.59 Å². The number of Topliss-reactive ketones (excluding diaryl/α,β-unsaturated/α-hetero) is 1. The quantitative estimate of drug-likeness (QED) is 0.475. The maximum Gasteiger partial charge on any atom is 0.326 e. The minimum atomic E-state index is -0.356. The first-order valence-electron chi connectivity index (χ1n) is 9.67. The van der Waals surface area contributed by atoms with E-state index >= 15 is 0 Å². The van der Waals surface area contributed by atoms with Gasteiger partial charge in [-0.15, -0.1) is 0 Å². The van der Waals surface area contributed by atoms with Gasteiger partial charge >= 0.3 is 5.69 Å². The van der Waals surface area contributed by atoms with Crippen molar-refractivity contribution >= 4 is 16.8 Å². The molecule has 0 aliphatic heterocycles. The molecule has 0 fully saturated rings. The second-order valence-corrected chi connectivity index (χ2v) is 6.92. The highest BCUT2D eigenvalue weighted by molar-refractivity contribution is 5.89. The summed E-state index contributed by atoms with van der Waals surface area (Å²) in [5, 5.41) is 0.764. The first-order valence-corrected chi connectivity index (χ1v) is 9.67. The first-order chi connectivity index (χ1) is 14.6. The molecule has 0 spiro atoms. The van der Waals surface area contributed by atoms with Gasteiger partial charge in [0.15, 0.2) is 11.5 Å². The van der Waals surface area contributed by atoms with E-state index in [4.69, 9.17) is 13.9 Å². The van der Waals surface area contributed by atoms with Crippen LogP contribution >= 0.6 is 0 Å². The van der Waals surface area contributed by atoms with Crippen LogP contribution in [-0.2, 0) is 17.9 Å². The smallest absolute Gasteiger partial charge is 0.326 e. The summed E-state index contributed by atoms with van der Waals surface area (Å²) in [5.41, 5.74) is 1.75. The first kappa shape index (κ1) is 19.6. The highest BCUT2D eigenvalue weighted by Gasteiger charge is 2.16. The summed E-state index contributed by atoms with van der Waals surface area (Å²) < 4.78 is 18.7. The zero-order valence-electron chi connectivity index (χ0n) is 16.8. The Kier molecular flexibility index (Phi) is 5.43. The molecule has 154 valence electrons. The van der Waals surface area contributed by atoms with Crippen molar-refractivity contribution in [3.05, 3.63) is 70.8 Å². The largest absolute Gasteiger partial charge is 0.496 e. The maximum absolute atomic E-state index is 12.2. The van der Waals surface area contributed by atoms with Crippen molar-refractivity contribution in [2.45, 2.75) is 26.5 Å². The molecule has 0 aliphatic carbocycles. The lowest BCUT2D eigenvalue weighted by Crippen LogP contribution is -2.20. The normalized spacial score (nSPS) is 11.0. The Morgan fingerprint density at radius 3 is 2.70 bits per heavy atom. The van der Waals surface area contributed by atoms with Crippen LogP contribution in [-0.4, -0.2) is 22.4 Å². The number of benzene rings is 2. The fourth-order valence-electron chi connectivity index (χ4n) is 3.17. The third-order valence-electron chi connectivity index (χ3n) is 4.84. The average Bonchev–Trinajstić information content (AvgIpc) is 3.36. The molecule has 0 saturated heterocycles. The molecule has 2 heterocycles. The van der Waals surface area contributed by atoms with Gasteiger partial charge in [-0.05, 0) is 11.6 Å². The molecule has 30 heavy (non-hydrogen) atoms. The molecule has 1 N–H and O–H groups in total. The molecule has 0 atom stereocenters. The summed E-state index contributed by atoms with van der Waals surface area (Å²) in [6, 6.07) is 15.2. The Morgan fingerprint density at radius 2 is 1.97 bits per heavy atom. The van der Waals surface area contributed by atoms with Gasteiger partial charge in [0.25, 0.3) is 0 Å². The van der Waals surface area contributed by atoms with Crippen molar-refractivity contribution in [2.24, 2.45) is 0 Å². The number of hydrogen-bond donors (Lipinski definition) is 1. The summed E-state index contributed by atoms with van der Waals surface area (Å²) in [7, 11) is 1.58. The Balaban J connectivity index is 1.69. The van der Waals surface area contributed by atoms with Crippen molar-refractivity contribution in [3.63, 3.8) is 0 Å².